The lowest BCUT2D eigenvalue weighted by atomic mass is 9.89. The van der Waals surface area contributed by atoms with E-state index in [1.807, 2.05) is 20.8 Å². The molecule has 34 heavy (non-hydrogen) atoms. The quantitative estimate of drug-likeness (QED) is 0.559. The number of nitrogens with zero attached hydrogens (tertiary/aromatic N) is 3. The predicted octanol–water partition coefficient (Wildman–Crippen LogP) is 4.69. The number of ether oxygens (including phenoxy) is 1. The minimum absolute atomic E-state index is 0.0854. The molecule has 8 nitrogen and oxygen atoms in total. The second kappa shape index (κ2) is 8.89. The number of carboxylic acid groups (broad SMARTS) is 1. The number of piperidine rings is 1. The van der Waals surface area contributed by atoms with E-state index in [-0.39, 0.29) is 23.0 Å². The van der Waals surface area contributed by atoms with Gasteiger partial charge in [-0.3, -0.25) is 9.78 Å². The van der Waals surface area contributed by atoms with Crippen molar-refractivity contribution in [1.82, 2.24) is 14.5 Å². The molecule has 3 heterocycles. The first kappa shape index (κ1) is 23.4. The number of carboxylic acids is 1. The number of Topliss-reactive ketones (excluding diaryl/α,β-unsaturated/α-hetero) is 1. The van der Waals surface area contributed by atoms with Crippen molar-refractivity contribution in [3.63, 3.8) is 0 Å². The van der Waals surface area contributed by atoms with Gasteiger partial charge in [0, 0.05) is 42.4 Å². The third kappa shape index (κ3) is 4.64. The number of halogens is 1. The number of carbonyl (C=O) groups excluding carboxylic acids is 2. The summed E-state index contributed by atoms with van der Waals surface area (Å²) in [5, 5.41) is 10.2. The Hall–Kier alpha value is -3.75. The van der Waals surface area contributed by atoms with Crippen LogP contribution < -0.4 is 0 Å². The molecule has 9 heteroatoms. The van der Waals surface area contributed by atoms with Crippen molar-refractivity contribution in [2.75, 3.05) is 13.1 Å². The molecule has 3 aromatic rings. The first-order chi connectivity index (χ1) is 16.0. The topological polar surface area (TPSA) is 102 Å². The number of aromatic nitrogens is 2. The Bertz CT molecular complexity index is 1270. The van der Waals surface area contributed by atoms with Crippen LogP contribution in [0, 0.1) is 11.7 Å². The summed E-state index contributed by atoms with van der Waals surface area (Å²) in [5.41, 5.74) is 0.422. The molecular weight excluding hydrogens is 441 g/mol. The summed E-state index contributed by atoms with van der Waals surface area (Å²) in [6, 6.07) is 5.21. The second-order valence-corrected chi connectivity index (χ2v) is 9.38. The lowest BCUT2D eigenvalue weighted by molar-refractivity contribution is 0.0182. The molecule has 1 aliphatic heterocycles. The average molecular weight is 467 g/mol. The van der Waals surface area contributed by atoms with E-state index in [0.717, 1.165) is 6.07 Å². The van der Waals surface area contributed by atoms with Crippen LogP contribution in [0.1, 0.15) is 54.3 Å². The van der Waals surface area contributed by atoms with Gasteiger partial charge in [0.25, 0.3) is 0 Å². The number of pyridine rings is 1. The molecule has 2 aromatic heterocycles. The Morgan fingerprint density at radius 3 is 2.47 bits per heavy atom. The van der Waals surface area contributed by atoms with Crippen molar-refractivity contribution >= 4 is 28.7 Å². The zero-order valence-corrected chi connectivity index (χ0v) is 19.2. The summed E-state index contributed by atoms with van der Waals surface area (Å²) in [6.07, 6.45) is 5.30. The highest BCUT2D eigenvalue weighted by atomic mass is 19.1. The molecule has 0 radical (unpaired) electrons. The van der Waals surface area contributed by atoms with Crippen molar-refractivity contribution in [3.8, 4) is 5.69 Å². The molecular formula is C25H26FN3O5. The van der Waals surface area contributed by atoms with Crippen molar-refractivity contribution in [2.45, 2.75) is 39.2 Å². The van der Waals surface area contributed by atoms with Gasteiger partial charge in [-0.2, -0.15) is 0 Å². The summed E-state index contributed by atoms with van der Waals surface area (Å²) >= 11 is 0. The van der Waals surface area contributed by atoms with Crippen LogP contribution in [-0.4, -0.2) is 56.1 Å². The van der Waals surface area contributed by atoms with Gasteiger partial charge in [-0.05, 0) is 57.9 Å². The van der Waals surface area contributed by atoms with Crippen LogP contribution in [0.4, 0.5) is 9.18 Å². The number of ketones is 1. The Labute approximate surface area is 196 Å². The fourth-order valence-electron chi connectivity index (χ4n) is 4.23. The summed E-state index contributed by atoms with van der Waals surface area (Å²) in [6.45, 7) is 6.24. The minimum atomic E-state index is -1.28. The highest BCUT2D eigenvalue weighted by Crippen LogP contribution is 2.31. The molecule has 0 saturated carbocycles. The molecule has 0 bridgehead atoms. The third-order valence-corrected chi connectivity index (χ3v) is 5.84. The van der Waals surface area contributed by atoms with Gasteiger partial charge in [-0.15, -0.1) is 0 Å². The number of likely N-dealkylation sites (tertiary alicyclic amines) is 1. The number of hydrogen-bond acceptors (Lipinski definition) is 5. The maximum atomic E-state index is 13.7. The molecule has 1 amide bonds. The number of aromatic carboxylic acids is 1. The number of fused-ring (bicyclic) bond motifs is 1. The van der Waals surface area contributed by atoms with Crippen LogP contribution in [-0.2, 0) is 4.74 Å². The first-order valence-electron chi connectivity index (χ1n) is 11.1. The van der Waals surface area contributed by atoms with Crippen molar-refractivity contribution in [2.24, 2.45) is 5.92 Å². The molecule has 1 fully saturated rings. The van der Waals surface area contributed by atoms with E-state index in [9.17, 15) is 23.9 Å². The van der Waals surface area contributed by atoms with Crippen LogP contribution in [0.15, 0.2) is 42.9 Å². The highest BCUT2D eigenvalue weighted by Gasteiger charge is 2.32. The van der Waals surface area contributed by atoms with E-state index in [4.69, 9.17) is 4.74 Å². The maximum absolute atomic E-state index is 13.7. The standard InChI is InChI=1S/C25H26FN3O5/c1-25(2,3)34-24(33)28-10-7-15(8-11-28)22(30)19-14-29(21-13-27-9-6-17(19)21)20-5-4-16(26)12-18(20)23(31)32/h4-6,9,12-15H,7-8,10-11H2,1-3H3,(H,31,32). The summed E-state index contributed by atoms with van der Waals surface area (Å²) < 4.78 is 20.7. The summed E-state index contributed by atoms with van der Waals surface area (Å²) in [4.78, 5) is 43.3. The Morgan fingerprint density at radius 2 is 1.82 bits per heavy atom. The normalized spacial score (nSPS) is 14.9. The third-order valence-electron chi connectivity index (χ3n) is 5.84. The van der Waals surface area contributed by atoms with Crippen LogP contribution in [0.3, 0.4) is 0 Å². The molecule has 1 saturated heterocycles. The first-order valence-corrected chi connectivity index (χ1v) is 11.1. The van der Waals surface area contributed by atoms with Crippen LogP contribution in [0.2, 0.25) is 0 Å². The lowest BCUT2D eigenvalue weighted by Gasteiger charge is -2.32. The zero-order valence-electron chi connectivity index (χ0n) is 19.2. The van der Waals surface area contributed by atoms with E-state index in [2.05, 4.69) is 4.98 Å². The number of amides is 1. The lowest BCUT2D eigenvalue weighted by Crippen LogP contribution is -2.43. The Balaban J connectivity index is 1.63. The van der Waals surface area contributed by atoms with Crippen molar-refractivity contribution in [3.05, 3.63) is 59.8 Å². The van der Waals surface area contributed by atoms with Crippen LogP contribution in [0.25, 0.3) is 16.6 Å². The smallest absolute Gasteiger partial charge is 0.410 e. The van der Waals surface area contributed by atoms with E-state index in [0.29, 0.717) is 42.4 Å². The number of carbonyl (C=O) groups is 3. The summed E-state index contributed by atoms with van der Waals surface area (Å²) in [7, 11) is 0. The molecule has 0 atom stereocenters. The monoisotopic (exact) mass is 467 g/mol. The van der Waals surface area contributed by atoms with Gasteiger partial charge >= 0.3 is 12.1 Å². The van der Waals surface area contributed by atoms with Crippen molar-refractivity contribution in [1.29, 1.82) is 0 Å². The Kier molecular flexibility index (Phi) is 6.12. The predicted molar refractivity (Wildman–Crippen MR) is 123 cm³/mol. The fourth-order valence-corrected chi connectivity index (χ4v) is 4.23. The SMILES string of the molecule is CC(C)(C)OC(=O)N1CCC(C(=O)c2cn(-c3ccc(F)cc3C(=O)O)c3cnccc23)CC1. The number of benzene rings is 1. The molecule has 1 N–H and O–H groups in total. The number of hydrogen-bond donors (Lipinski definition) is 1. The fraction of sp³-hybridized carbons (Fsp3) is 0.360. The van der Waals surface area contributed by atoms with Crippen LogP contribution >= 0.6 is 0 Å². The van der Waals surface area contributed by atoms with E-state index < -0.39 is 23.5 Å². The Morgan fingerprint density at radius 1 is 1.12 bits per heavy atom. The molecule has 1 aliphatic rings. The van der Waals surface area contributed by atoms with Gasteiger partial charge < -0.3 is 19.3 Å². The molecule has 1 aromatic carbocycles. The van der Waals surface area contributed by atoms with E-state index in [1.54, 1.807) is 34.1 Å². The minimum Gasteiger partial charge on any atom is -0.478 e. The molecule has 178 valence electrons. The zero-order chi connectivity index (χ0) is 24.6. The molecule has 0 spiro atoms. The van der Waals surface area contributed by atoms with Gasteiger partial charge in [0.1, 0.15) is 11.4 Å². The average Bonchev–Trinajstić information content (AvgIpc) is 3.17. The van der Waals surface area contributed by atoms with E-state index >= 15 is 0 Å². The second-order valence-electron chi connectivity index (χ2n) is 9.38. The molecule has 0 unspecified atom stereocenters. The van der Waals surface area contributed by atoms with Gasteiger partial charge in [0.2, 0.25) is 0 Å². The summed E-state index contributed by atoms with van der Waals surface area (Å²) in [5.74, 6) is -2.32. The van der Waals surface area contributed by atoms with Gasteiger partial charge in [0.05, 0.1) is 23.0 Å². The molecule has 4 rings (SSSR count). The van der Waals surface area contributed by atoms with Gasteiger partial charge in [0.15, 0.2) is 5.78 Å². The largest absolute Gasteiger partial charge is 0.478 e. The van der Waals surface area contributed by atoms with Crippen molar-refractivity contribution < 1.29 is 28.6 Å². The maximum Gasteiger partial charge on any atom is 0.410 e. The van der Waals surface area contributed by atoms with Gasteiger partial charge in [-0.1, -0.05) is 0 Å². The van der Waals surface area contributed by atoms with E-state index in [1.165, 1.54) is 12.1 Å². The van der Waals surface area contributed by atoms with Gasteiger partial charge in [-0.25, -0.2) is 14.0 Å². The molecule has 0 aliphatic carbocycles. The van der Waals surface area contributed by atoms with Crippen LogP contribution in [0.5, 0.6) is 0 Å². The number of rotatable bonds is 4. The highest BCUT2D eigenvalue weighted by molar-refractivity contribution is 6.09.